The molecule has 0 saturated heterocycles. The van der Waals surface area contributed by atoms with Crippen LogP contribution in [0.1, 0.15) is 30.5 Å². The molecule has 158 valence electrons. The minimum absolute atomic E-state index is 0.141. The van der Waals surface area contributed by atoms with Gasteiger partial charge in [-0.25, -0.2) is 9.67 Å². The average molecular weight is 419 g/mol. The fourth-order valence-corrected chi connectivity index (χ4v) is 3.12. The highest BCUT2D eigenvalue weighted by Gasteiger charge is 2.26. The second-order valence-corrected chi connectivity index (χ2v) is 7.20. The quantitative estimate of drug-likeness (QED) is 0.269. The van der Waals surface area contributed by atoms with Crippen LogP contribution >= 0.6 is 0 Å². The molecule has 0 radical (unpaired) electrons. The van der Waals surface area contributed by atoms with E-state index in [9.17, 15) is 15.4 Å². The summed E-state index contributed by atoms with van der Waals surface area (Å²) in [6.07, 6.45) is 4.33. The lowest BCUT2D eigenvalue weighted by Gasteiger charge is -2.08. The fourth-order valence-electron chi connectivity index (χ4n) is 3.12. The van der Waals surface area contributed by atoms with E-state index in [0.29, 0.717) is 42.4 Å². The lowest BCUT2D eigenvalue weighted by atomic mass is 10.1. The fraction of sp³-hybridized carbons (Fsp3) is 0.300. The van der Waals surface area contributed by atoms with Crippen LogP contribution in [-0.4, -0.2) is 37.3 Å². The highest BCUT2D eigenvalue weighted by Crippen LogP contribution is 2.29. The summed E-state index contributed by atoms with van der Waals surface area (Å²) >= 11 is 0. The maximum absolute atomic E-state index is 11.2. The Morgan fingerprint density at radius 3 is 2.77 bits per heavy atom. The predicted molar refractivity (Wildman–Crippen MR) is 115 cm³/mol. The Kier molecular flexibility index (Phi) is 5.61. The second-order valence-electron chi connectivity index (χ2n) is 7.20. The standard InChI is InChI=1S/C20H21N9O2/c21-11-15-16(27-28(18(15)22)14-5-2-1-3-6-14)7-4-10-23-20-24-12-17(29(30)31)19(26-20)25-13-8-9-13/h1-3,5-6,12-13H,4,7-10,22H2,(H2,23,24,25,26). The number of nitrogens with two attached hydrogens (primary N) is 1. The van der Waals surface area contributed by atoms with Gasteiger partial charge in [-0.05, 0) is 37.8 Å². The summed E-state index contributed by atoms with van der Waals surface area (Å²) in [5, 5.41) is 31.3. The number of nitrogens with one attached hydrogen (secondary N) is 2. The lowest BCUT2D eigenvalue weighted by molar-refractivity contribution is -0.384. The van der Waals surface area contributed by atoms with Gasteiger partial charge in [-0.3, -0.25) is 10.1 Å². The number of hydrogen-bond acceptors (Lipinski definition) is 9. The smallest absolute Gasteiger partial charge is 0.329 e. The highest BCUT2D eigenvalue weighted by atomic mass is 16.6. The first-order valence-electron chi connectivity index (χ1n) is 9.91. The van der Waals surface area contributed by atoms with Crippen molar-refractivity contribution >= 4 is 23.3 Å². The molecule has 0 bridgehead atoms. The van der Waals surface area contributed by atoms with Gasteiger partial charge in [-0.2, -0.15) is 15.3 Å². The van der Waals surface area contributed by atoms with Crippen LogP contribution in [0.2, 0.25) is 0 Å². The van der Waals surface area contributed by atoms with Crippen molar-refractivity contribution in [3.63, 3.8) is 0 Å². The van der Waals surface area contributed by atoms with E-state index in [1.165, 1.54) is 6.20 Å². The van der Waals surface area contributed by atoms with Crippen molar-refractivity contribution in [1.82, 2.24) is 19.7 Å². The van der Waals surface area contributed by atoms with Gasteiger partial charge >= 0.3 is 5.69 Å². The third kappa shape index (κ3) is 4.53. The minimum atomic E-state index is -0.495. The molecule has 11 heteroatoms. The van der Waals surface area contributed by atoms with E-state index in [4.69, 9.17) is 5.73 Å². The first-order chi connectivity index (χ1) is 15.1. The lowest BCUT2D eigenvalue weighted by Crippen LogP contribution is -2.11. The molecule has 1 fully saturated rings. The number of para-hydroxylation sites is 1. The van der Waals surface area contributed by atoms with Gasteiger partial charge in [0.05, 0.1) is 16.3 Å². The summed E-state index contributed by atoms with van der Waals surface area (Å²) in [4.78, 5) is 18.9. The van der Waals surface area contributed by atoms with Gasteiger partial charge in [0.1, 0.15) is 23.6 Å². The molecular weight excluding hydrogens is 398 g/mol. The Labute approximate surface area is 178 Å². The van der Waals surface area contributed by atoms with Gasteiger partial charge in [-0.15, -0.1) is 0 Å². The summed E-state index contributed by atoms with van der Waals surface area (Å²) in [5.74, 6) is 0.848. The van der Waals surface area contributed by atoms with Crippen LogP contribution in [0.5, 0.6) is 0 Å². The second kappa shape index (κ2) is 8.66. The summed E-state index contributed by atoms with van der Waals surface area (Å²) in [6.45, 7) is 0.504. The summed E-state index contributed by atoms with van der Waals surface area (Å²) in [7, 11) is 0. The van der Waals surface area contributed by atoms with Crippen molar-refractivity contribution in [1.29, 1.82) is 5.26 Å². The van der Waals surface area contributed by atoms with Crippen molar-refractivity contribution in [2.45, 2.75) is 31.7 Å². The number of anilines is 3. The number of nitrogen functional groups attached to an aromatic ring is 1. The van der Waals surface area contributed by atoms with Crippen molar-refractivity contribution < 1.29 is 4.92 Å². The number of aryl methyl sites for hydroxylation is 1. The monoisotopic (exact) mass is 419 g/mol. The molecule has 0 aliphatic heterocycles. The summed E-state index contributed by atoms with van der Waals surface area (Å²) < 4.78 is 1.57. The minimum Gasteiger partial charge on any atom is -0.382 e. The third-order valence-corrected chi connectivity index (χ3v) is 4.86. The van der Waals surface area contributed by atoms with E-state index >= 15 is 0 Å². The Hall–Kier alpha value is -4.20. The number of nitriles is 1. The van der Waals surface area contributed by atoms with E-state index in [1.54, 1.807) is 4.68 Å². The number of aromatic nitrogens is 4. The van der Waals surface area contributed by atoms with Gasteiger partial charge in [-0.1, -0.05) is 18.2 Å². The maximum atomic E-state index is 11.2. The van der Waals surface area contributed by atoms with Crippen molar-refractivity contribution in [3.8, 4) is 11.8 Å². The molecule has 0 unspecified atom stereocenters. The van der Waals surface area contributed by atoms with Gasteiger partial charge in [0.15, 0.2) is 0 Å². The number of rotatable bonds is 9. The molecule has 11 nitrogen and oxygen atoms in total. The Bertz CT molecular complexity index is 1130. The number of nitro groups is 1. The molecule has 1 aromatic carbocycles. The van der Waals surface area contributed by atoms with Gasteiger partial charge in [0.2, 0.25) is 11.8 Å². The zero-order valence-corrected chi connectivity index (χ0v) is 16.7. The normalized spacial score (nSPS) is 12.9. The van der Waals surface area contributed by atoms with Crippen LogP contribution in [0.3, 0.4) is 0 Å². The van der Waals surface area contributed by atoms with Crippen molar-refractivity contribution in [2.75, 3.05) is 22.9 Å². The average Bonchev–Trinajstić information content (AvgIpc) is 3.53. The molecule has 1 aliphatic carbocycles. The van der Waals surface area contributed by atoms with Crippen LogP contribution in [-0.2, 0) is 6.42 Å². The van der Waals surface area contributed by atoms with Crippen LogP contribution in [0, 0.1) is 21.4 Å². The summed E-state index contributed by atoms with van der Waals surface area (Å²) in [5.41, 5.74) is 7.75. The molecule has 1 saturated carbocycles. The first-order valence-corrected chi connectivity index (χ1v) is 9.91. The topological polar surface area (TPSA) is 161 Å². The number of benzene rings is 1. The Morgan fingerprint density at radius 1 is 1.32 bits per heavy atom. The Morgan fingerprint density at radius 2 is 2.10 bits per heavy atom. The molecule has 1 aliphatic rings. The summed E-state index contributed by atoms with van der Waals surface area (Å²) in [6, 6.07) is 11.8. The zero-order chi connectivity index (χ0) is 21.8. The molecule has 0 amide bonds. The molecule has 0 spiro atoms. The number of hydrogen-bond donors (Lipinski definition) is 3. The maximum Gasteiger partial charge on any atom is 0.329 e. The van der Waals surface area contributed by atoms with E-state index in [1.807, 2.05) is 30.3 Å². The predicted octanol–water partition coefficient (Wildman–Crippen LogP) is 2.64. The van der Waals surface area contributed by atoms with Crippen molar-refractivity contribution in [2.24, 2.45) is 0 Å². The van der Waals surface area contributed by atoms with Gasteiger partial charge in [0, 0.05) is 12.6 Å². The van der Waals surface area contributed by atoms with Crippen LogP contribution in [0.15, 0.2) is 36.5 Å². The molecule has 4 N–H and O–H groups in total. The Balaban J connectivity index is 1.40. The van der Waals surface area contributed by atoms with Gasteiger partial charge < -0.3 is 16.4 Å². The van der Waals surface area contributed by atoms with E-state index in [0.717, 1.165) is 18.5 Å². The van der Waals surface area contributed by atoms with E-state index in [-0.39, 0.29) is 17.5 Å². The first kappa shape index (κ1) is 20.1. The molecular formula is C20H21N9O2. The van der Waals surface area contributed by atoms with Crippen LogP contribution < -0.4 is 16.4 Å². The number of nitrogens with zero attached hydrogens (tertiary/aromatic N) is 6. The highest BCUT2D eigenvalue weighted by molar-refractivity contribution is 5.58. The molecule has 3 aromatic rings. The van der Waals surface area contributed by atoms with Gasteiger partial charge in [0.25, 0.3) is 0 Å². The largest absolute Gasteiger partial charge is 0.382 e. The third-order valence-electron chi connectivity index (χ3n) is 4.86. The van der Waals surface area contributed by atoms with E-state index in [2.05, 4.69) is 31.8 Å². The van der Waals surface area contributed by atoms with Crippen molar-refractivity contribution in [3.05, 3.63) is 57.9 Å². The molecule has 31 heavy (non-hydrogen) atoms. The molecule has 2 aromatic heterocycles. The molecule has 2 heterocycles. The molecule has 4 rings (SSSR count). The van der Waals surface area contributed by atoms with E-state index < -0.39 is 4.92 Å². The zero-order valence-electron chi connectivity index (χ0n) is 16.7. The van der Waals surface area contributed by atoms with Crippen LogP contribution in [0.25, 0.3) is 5.69 Å². The molecule has 0 atom stereocenters. The SMILES string of the molecule is N#Cc1c(CCCNc2ncc([N+](=O)[O-])c(NC3CC3)n2)nn(-c2ccccc2)c1N. The van der Waals surface area contributed by atoms with Crippen LogP contribution in [0.4, 0.5) is 23.3 Å².